The van der Waals surface area contributed by atoms with E-state index >= 15 is 0 Å². The summed E-state index contributed by atoms with van der Waals surface area (Å²) < 4.78 is 0. The molecule has 0 aliphatic carbocycles. The molecular formula is C8H12N2O. The molecule has 0 bridgehead atoms. The summed E-state index contributed by atoms with van der Waals surface area (Å²) in [6.45, 7) is 5.53. The van der Waals surface area contributed by atoms with Crippen molar-refractivity contribution in [1.29, 1.82) is 0 Å². The molecule has 3 nitrogen and oxygen atoms in total. The van der Waals surface area contributed by atoms with Crippen LogP contribution in [0.4, 0.5) is 0 Å². The fourth-order valence-corrected chi connectivity index (χ4v) is 0.986. The summed E-state index contributed by atoms with van der Waals surface area (Å²) in [5, 5.41) is 5.53. The van der Waals surface area contributed by atoms with E-state index in [4.69, 9.17) is 0 Å². The zero-order valence-electron chi connectivity index (χ0n) is 6.55. The van der Waals surface area contributed by atoms with E-state index in [2.05, 4.69) is 17.2 Å². The van der Waals surface area contributed by atoms with Crippen molar-refractivity contribution >= 4 is 5.91 Å². The number of hydrogen-bond donors (Lipinski definition) is 2. The minimum Gasteiger partial charge on any atom is -0.360 e. The monoisotopic (exact) mass is 152 g/mol. The van der Waals surface area contributed by atoms with Crippen LogP contribution in [0.15, 0.2) is 24.6 Å². The first-order valence-electron chi connectivity index (χ1n) is 3.61. The number of amides is 1. The molecule has 11 heavy (non-hydrogen) atoms. The number of carbonyl (C=O) groups is 1. The number of allylic oxidation sites excluding steroid dienone is 1. The van der Waals surface area contributed by atoms with E-state index in [9.17, 15) is 4.79 Å². The van der Waals surface area contributed by atoms with E-state index in [0.29, 0.717) is 5.82 Å². The standard InChI is InChI=1S/C8H12N2O/c1-3-4-5-7-8(11)10-6(2)9-7/h3-4,7,9H,2,5H2,1H3,(H,10,11)/b4-3-. The van der Waals surface area contributed by atoms with Gasteiger partial charge in [-0.1, -0.05) is 18.7 Å². The molecule has 3 heteroatoms. The van der Waals surface area contributed by atoms with Gasteiger partial charge in [0.05, 0.1) is 5.82 Å². The average Bonchev–Trinajstić information content (AvgIpc) is 2.26. The van der Waals surface area contributed by atoms with Crippen LogP contribution in [0.2, 0.25) is 0 Å². The van der Waals surface area contributed by atoms with Gasteiger partial charge in [-0.15, -0.1) is 0 Å². The first kappa shape index (κ1) is 7.85. The highest BCUT2D eigenvalue weighted by Crippen LogP contribution is 2.02. The fourth-order valence-electron chi connectivity index (χ4n) is 0.986. The number of carbonyl (C=O) groups excluding carboxylic acids is 1. The Morgan fingerprint density at radius 2 is 2.45 bits per heavy atom. The van der Waals surface area contributed by atoms with Gasteiger partial charge in [-0.3, -0.25) is 4.79 Å². The van der Waals surface area contributed by atoms with Gasteiger partial charge in [0.1, 0.15) is 6.04 Å². The zero-order chi connectivity index (χ0) is 8.27. The van der Waals surface area contributed by atoms with Gasteiger partial charge in [0.25, 0.3) is 0 Å². The quantitative estimate of drug-likeness (QED) is 0.566. The Bertz CT molecular complexity index is 208. The lowest BCUT2D eigenvalue weighted by Crippen LogP contribution is -2.27. The van der Waals surface area contributed by atoms with Gasteiger partial charge in [0, 0.05) is 0 Å². The second-order valence-electron chi connectivity index (χ2n) is 2.47. The Morgan fingerprint density at radius 3 is 2.91 bits per heavy atom. The van der Waals surface area contributed by atoms with Gasteiger partial charge in [0.15, 0.2) is 0 Å². The molecule has 0 aromatic rings. The number of nitrogens with one attached hydrogen (secondary N) is 2. The Balaban J connectivity index is 2.47. The molecule has 1 saturated heterocycles. The van der Waals surface area contributed by atoms with Crippen molar-refractivity contribution in [3.63, 3.8) is 0 Å². The lowest BCUT2D eigenvalue weighted by molar-refractivity contribution is -0.120. The summed E-state index contributed by atoms with van der Waals surface area (Å²) in [6, 6.07) is -0.126. The van der Waals surface area contributed by atoms with E-state index in [1.807, 2.05) is 19.1 Å². The van der Waals surface area contributed by atoms with Crippen LogP contribution in [0.5, 0.6) is 0 Å². The Kier molecular flexibility index (Phi) is 2.31. The van der Waals surface area contributed by atoms with Gasteiger partial charge < -0.3 is 10.6 Å². The van der Waals surface area contributed by atoms with Crippen molar-refractivity contribution in [2.75, 3.05) is 0 Å². The number of hydrogen-bond acceptors (Lipinski definition) is 2. The molecule has 1 heterocycles. The maximum absolute atomic E-state index is 11.0. The third-order valence-corrected chi connectivity index (χ3v) is 1.55. The summed E-state index contributed by atoms with van der Waals surface area (Å²) in [4.78, 5) is 11.0. The predicted molar refractivity (Wildman–Crippen MR) is 43.6 cm³/mol. The van der Waals surface area contributed by atoms with Crippen LogP contribution < -0.4 is 10.6 Å². The van der Waals surface area contributed by atoms with E-state index < -0.39 is 0 Å². The summed E-state index contributed by atoms with van der Waals surface area (Å²) in [5.41, 5.74) is 0. The second-order valence-corrected chi connectivity index (χ2v) is 2.47. The molecule has 1 unspecified atom stereocenters. The summed E-state index contributed by atoms with van der Waals surface area (Å²) in [6.07, 6.45) is 4.60. The van der Waals surface area contributed by atoms with Crippen LogP contribution in [0.25, 0.3) is 0 Å². The van der Waals surface area contributed by atoms with Crippen molar-refractivity contribution < 1.29 is 4.79 Å². The van der Waals surface area contributed by atoms with E-state index in [1.165, 1.54) is 0 Å². The minimum absolute atomic E-state index is 0.00750. The molecule has 60 valence electrons. The summed E-state index contributed by atoms with van der Waals surface area (Å²) >= 11 is 0. The first-order valence-corrected chi connectivity index (χ1v) is 3.61. The van der Waals surface area contributed by atoms with Gasteiger partial charge in [-0.25, -0.2) is 0 Å². The predicted octanol–water partition coefficient (Wildman–Crippen LogP) is 0.512. The maximum Gasteiger partial charge on any atom is 0.248 e. The van der Waals surface area contributed by atoms with Crippen LogP contribution in [0.3, 0.4) is 0 Å². The smallest absolute Gasteiger partial charge is 0.248 e. The molecule has 1 aliphatic heterocycles. The summed E-state index contributed by atoms with van der Waals surface area (Å²) in [7, 11) is 0. The third kappa shape index (κ3) is 1.83. The fraction of sp³-hybridized carbons (Fsp3) is 0.375. The van der Waals surface area contributed by atoms with Crippen LogP contribution in [-0.2, 0) is 4.79 Å². The molecule has 0 aromatic carbocycles. The SMILES string of the molecule is C=C1NC(=O)C(C/C=C\C)N1. The normalized spacial score (nSPS) is 23.9. The Morgan fingerprint density at radius 1 is 1.73 bits per heavy atom. The molecular weight excluding hydrogens is 140 g/mol. The van der Waals surface area contributed by atoms with Crippen molar-refractivity contribution in [1.82, 2.24) is 10.6 Å². The summed E-state index contributed by atoms with van der Waals surface area (Å²) in [5.74, 6) is 0.609. The highest BCUT2D eigenvalue weighted by atomic mass is 16.2. The minimum atomic E-state index is -0.126. The van der Waals surface area contributed by atoms with Gasteiger partial charge in [0.2, 0.25) is 5.91 Å². The van der Waals surface area contributed by atoms with Crippen LogP contribution >= 0.6 is 0 Å². The molecule has 0 aromatic heterocycles. The van der Waals surface area contributed by atoms with Crippen LogP contribution in [0.1, 0.15) is 13.3 Å². The van der Waals surface area contributed by atoms with Crippen LogP contribution in [0, 0.1) is 0 Å². The molecule has 1 fully saturated rings. The molecule has 0 saturated carbocycles. The molecule has 2 N–H and O–H groups in total. The number of rotatable bonds is 2. The van der Waals surface area contributed by atoms with Crippen molar-refractivity contribution in [2.45, 2.75) is 19.4 Å². The molecule has 1 amide bonds. The van der Waals surface area contributed by atoms with Crippen molar-refractivity contribution in [3.8, 4) is 0 Å². The Labute approximate surface area is 66.2 Å². The van der Waals surface area contributed by atoms with E-state index in [-0.39, 0.29) is 11.9 Å². The van der Waals surface area contributed by atoms with Gasteiger partial charge >= 0.3 is 0 Å². The lowest BCUT2D eigenvalue weighted by Gasteiger charge is -2.02. The zero-order valence-corrected chi connectivity index (χ0v) is 6.55. The largest absolute Gasteiger partial charge is 0.360 e. The highest BCUT2D eigenvalue weighted by Gasteiger charge is 2.23. The highest BCUT2D eigenvalue weighted by molar-refractivity contribution is 5.86. The average molecular weight is 152 g/mol. The van der Waals surface area contributed by atoms with Crippen molar-refractivity contribution in [2.24, 2.45) is 0 Å². The van der Waals surface area contributed by atoms with Crippen molar-refractivity contribution in [3.05, 3.63) is 24.6 Å². The lowest BCUT2D eigenvalue weighted by atomic mass is 10.2. The van der Waals surface area contributed by atoms with E-state index in [0.717, 1.165) is 6.42 Å². The second kappa shape index (κ2) is 3.23. The maximum atomic E-state index is 11.0. The molecule has 1 rings (SSSR count). The van der Waals surface area contributed by atoms with E-state index in [1.54, 1.807) is 0 Å². The Hall–Kier alpha value is -1.25. The van der Waals surface area contributed by atoms with Gasteiger partial charge in [-0.2, -0.15) is 0 Å². The van der Waals surface area contributed by atoms with Crippen LogP contribution in [-0.4, -0.2) is 11.9 Å². The topological polar surface area (TPSA) is 41.1 Å². The van der Waals surface area contributed by atoms with Gasteiger partial charge in [-0.05, 0) is 13.3 Å². The first-order chi connectivity index (χ1) is 5.24. The molecule has 1 atom stereocenters. The molecule has 0 spiro atoms. The third-order valence-electron chi connectivity index (χ3n) is 1.55. The molecule has 0 radical (unpaired) electrons. The molecule has 1 aliphatic rings.